The number of methoxy groups -OCH3 is 1. The summed E-state index contributed by atoms with van der Waals surface area (Å²) in [7, 11) is -2.32. The number of rotatable bonds is 11. The minimum Gasteiger partial charge on any atom is -0.497 e. The van der Waals surface area contributed by atoms with E-state index in [-0.39, 0.29) is 17.9 Å². The fourth-order valence-corrected chi connectivity index (χ4v) is 4.72. The molecular formula is C26H25N5O5S. The summed E-state index contributed by atoms with van der Waals surface area (Å²) in [4.78, 5) is 24.2. The summed E-state index contributed by atoms with van der Waals surface area (Å²) in [6.07, 6.45) is 0.967. The van der Waals surface area contributed by atoms with Gasteiger partial charge in [0.2, 0.25) is 11.8 Å². The maximum Gasteiger partial charge on any atom is 0.264 e. The molecule has 0 aromatic heterocycles. The van der Waals surface area contributed by atoms with E-state index in [0.29, 0.717) is 22.7 Å². The zero-order chi connectivity index (χ0) is 26.7. The van der Waals surface area contributed by atoms with Crippen LogP contribution in [-0.2, 0) is 19.6 Å². The van der Waals surface area contributed by atoms with Crippen molar-refractivity contribution in [1.29, 1.82) is 5.26 Å². The lowest BCUT2D eigenvalue weighted by atomic mass is 10.2. The average Bonchev–Trinajstić information content (AvgIpc) is 2.90. The van der Waals surface area contributed by atoms with Gasteiger partial charge in [0.15, 0.2) is 0 Å². The molecule has 0 heterocycles. The van der Waals surface area contributed by atoms with Gasteiger partial charge in [0.25, 0.3) is 10.0 Å². The van der Waals surface area contributed by atoms with E-state index in [9.17, 15) is 18.0 Å². The Balaban J connectivity index is 1.59. The number of amides is 2. The Morgan fingerprint density at radius 2 is 1.68 bits per heavy atom. The fraction of sp³-hybridized carbons (Fsp3) is 0.154. The molecule has 0 unspecified atom stereocenters. The first-order valence-electron chi connectivity index (χ1n) is 11.1. The molecule has 0 fully saturated rings. The third kappa shape index (κ3) is 7.65. The number of sulfonamides is 1. The van der Waals surface area contributed by atoms with E-state index in [4.69, 9.17) is 10.00 Å². The van der Waals surface area contributed by atoms with Crippen LogP contribution in [0.2, 0.25) is 0 Å². The van der Waals surface area contributed by atoms with Crippen molar-refractivity contribution in [3.05, 3.63) is 84.4 Å². The first-order valence-corrected chi connectivity index (χ1v) is 12.6. The lowest BCUT2D eigenvalue weighted by molar-refractivity contribution is -0.126. The lowest BCUT2D eigenvalue weighted by Crippen LogP contribution is -2.31. The molecule has 0 aliphatic heterocycles. The largest absolute Gasteiger partial charge is 0.497 e. The molecule has 0 radical (unpaired) electrons. The van der Waals surface area contributed by atoms with Gasteiger partial charge in [0.1, 0.15) is 12.2 Å². The monoisotopic (exact) mass is 519 g/mol. The van der Waals surface area contributed by atoms with Gasteiger partial charge in [0.05, 0.1) is 36.4 Å². The van der Waals surface area contributed by atoms with Crippen LogP contribution in [0.3, 0.4) is 0 Å². The summed E-state index contributed by atoms with van der Waals surface area (Å²) in [5, 5.41) is 15.4. The number of carbonyl (C=O) groups is 2. The molecule has 0 aliphatic rings. The molecule has 0 bridgehead atoms. The highest BCUT2D eigenvalue weighted by molar-refractivity contribution is 7.92. The van der Waals surface area contributed by atoms with Gasteiger partial charge in [-0.2, -0.15) is 10.4 Å². The molecule has 3 aromatic carbocycles. The highest BCUT2D eigenvalue weighted by atomic mass is 32.2. The number of nitriles is 1. The quantitative estimate of drug-likeness (QED) is 0.226. The molecule has 11 heteroatoms. The van der Waals surface area contributed by atoms with E-state index in [1.807, 2.05) is 6.07 Å². The topological polar surface area (TPSA) is 141 Å². The van der Waals surface area contributed by atoms with Crippen LogP contribution in [-0.4, -0.2) is 40.1 Å². The Morgan fingerprint density at radius 3 is 2.30 bits per heavy atom. The minimum atomic E-state index is -3.86. The predicted molar refractivity (Wildman–Crippen MR) is 140 cm³/mol. The normalized spacial score (nSPS) is 10.9. The van der Waals surface area contributed by atoms with Gasteiger partial charge in [-0.15, -0.1) is 0 Å². The van der Waals surface area contributed by atoms with Gasteiger partial charge in [-0.1, -0.05) is 30.3 Å². The molecule has 0 spiro atoms. The molecule has 0 saturated carbocycles. The number of ether oxygens (including phenoxy) is 1. The lowest BCUT2D eigenvalue weighted by Gasteiger charge is -2.23. The summed E-state index contributed by atoms with van der Waals surface area (Å²) < 4.78 is 32.4. The average molecular weight is 520 g/mol. The zero-order valence-corrected chi connectivity index (χ0v) is 20.8. The van der Waals surface area contributed by atoms with Crippen molar-refractivity contribution in [3.63, 3.8) is 0 Å². The third-order valence-electron chi connectivity index (χ3n) is 5.04. The van der Waals surface area contributed by atoms with Crippen molar-refractivity contribution in [2.45, 2.75) is 17.7 Å². The van der Waals surface area contributed by atoms with Crippen molar-refractivity contribution >= 4 is 39.4 Å². The number of anilines is 2. The van der Waals surface area contributed by atoms with E-state index in [1.54, 1.807) is 66.7 Å². The van der Waals surface area contributed by atoms with E-state index in [1.165, 1.54) is 29.8 Å². The van der Waals surface area contributed by atoms with Crippen LogP contribution in [0.1, 0.15) is 18.4 Å². The molecule has 3 aromatic rings. The predicted octanol–water partition coefficient (Wildman–Crippen LogP) is 3.28. The van der Waals surface area contributed by atoms with Crippen molar-refractivity contribution in [2.75, 3.05) is 23.3 Å². The second-order valence-corrected chi connectivity index (χ2v) is 9.50. The van der Waals surface area contributed by atoms with E-state index < -0.39 is 28.3 Å². The van der Waals surface area contributed by atoms with Crippen LogP contribution in [0.4, 0.5) is 11.4 Å². The third-order valence-corrected chi connectivity index (χ3v) is 6.88. The van der Waals surface area contributed by atoms with Gasteiger partial charge in [0, 0.05) is 12.2 Å². The standard InChI is InChI=1S/C26H25N5O5S/c1-36-23-14-10-21(11-15-23)29-25(32)18-26(33)30-28-19-20-8-12-22(13-9-20)31(17-5-16-27)37(34,35)24-6-3-2-4-7-24/h2-4,6-15,19H,5,17-18H2,1H3,(H,29,32)(H,30,33)/b28-19-. The number of hydrogen-bond donors (Lipinski definition) is 2. The van der Waals surface area contributed by atoms with Crippen LogP contribution in [0, 0.1) is 11.3 Å². The first kappa shape index (κ1) is 26.9. The van der Waals surface area contributed by atoms with Crippen molar-refractivity contribution in [2.24, 2.45) is 5.10 Å². The maximum atomic E-state index is 13.1. The Bertz CT molecular complexity index is 1380. The van der Waals surface area contributed by atoms with Crippen LogP contribution in [0.5, 0.6) is 5.75 Å². The van der Waals surface area contributed by atoms with E-state index >= 15 is 0 Å². The summed E-state index contributed by atoms with van der Waals surface area (Å²) >= 11 is 0. The second-order valence-electron chi connectivity index (χ2n) is 7.64. The molecule has 0 aliphatic carbocycles. The maximum absolute atomic E-state index is 13.1. The van der Waals surface area contributed by atoms with Crippen molar-refractivity contribution in [3.8, 4) is 11.8 Å². The molecule has 10 nitrogen and oxygen atoms in total. The molecule has 3 rings (SSSR count). The van der Waals surface area contributed by atoms with E-state index in [2.05, 4.69) is 15.8 Å². The van der Waals surface area contributed by atoms with Gasteiger partial charge in [-0.3, -0.25) is 13.9 Å². The number of hydrogen-bond acceptors (Lipinski definition) is 7. The van der Waals surface area contributed by atoms with Crippen molar-refractivity contribution in [1.82, 2.24) is 5.43 Å². The first-order chi connectivity index (χ1) is 17.8. The highest BCUT2D eigenvalue weighted by Gasteiger charge is 2.24. The number of carbonyl (C=O) groups excluding carboxylic acids is 2. The molecular weight excluding hydrogens is 494 g/mol. The molecule has 2 N–H and O–H groups in total. The molecule has 37 heavy (non-hydrogen) atoms. The number of nitrogens with one attached hydrogen (secondary N) is 2. The minimum absolute atomic E-state index is 0.00416. The summed E-state index contributed by atoms with van der Waals surface area (Å²) in [5.74, 6) is -0.458. The molecule has 2 amide bonds. The molecule has 0 saturated heterocycles. The number of nitrogens with zero attached hydrogens (tertiary/aromatic N) is 3. The van der Waals surface area contributed by atoms with Gasteiger partial charge >= 0.3 is 0 Å². The number of hydrazone groups is 1. The Hall–Kier alpha value is -4.69. The van der Waals surface area contributed by atoms with Gasteiger partial charge < -0.3 is 10.1 Å². The summed E-state index contributed by atoms with van der Waals surface area (Å²) in [5.41, 5.74) is 3.78. The van der Waals surface area contributed by atoms with Crippen LogP contribution < -0.4 is 19.8 Å². The van der Waals surface area contributed by atoms with Gasteiger partial charge in [-0.25, -0.2) is 13.8 Å². The van der Waals surface area contributed by atoms with Crippen LogP contribution in [0.25, 0.3) is 0 Å². The smallest absolute Gasteiger partial charge is 0.264 e. The summed E-state index contributed by atoms with van der Waals surface area (Å²) in [6, 6.07) is 23.1. The van der Waals surface area contributed by atoms with Crippen LogP contribution in [0.15, 0.2) is 88.9 Å². The van der Waals surface area contributed by atoms with Crippen molar-refractivity contribution < 1.29 is 22.7 Å². The second kappa shape index (κ2) is 12.9. The Labute approximate surface area is 215 Å². The Morgan fingerprint density at radius 1 is 1.00 bits per heavy atom. The molecule has 0 atom stereocenters. The fourth-order valence-electron chi connectivity index (χ4n) is 3.23. The van der Waals surface area contributed by atoms with Gasteiger partial charge in [-0.05, 0) is 54.1 Å². The zero-order valence-electron chi connectivity index (χ0n) is 20.0. The SMILES string of the molecule is COc1ccc(NC(=O)CC(=O)N/N=C\c2ccc(N(CCC#N)S(=O)(=O)c3ccccc3)cc2)cc1. The number of benzene rings is 3. The molecule has 190 valence electrons. The summed E-state index contributed by atoms with van der Waals surface area (Å²) in [6.45, 7) is -0.00416. The van der Waals surface area contributed by atoms with Crippen LogP contribution >= 0.6 is 0 Å². The van der Waals surface area contributed by atoms with E-state index in [0.717, 1.165) is 0 Å². The Kier molecular flexibility index (Phi) is 9.35. The highest BCUT2D eigenvalue weighted by Crippen LogP contribution is 2.24.